The van der Waals surface area contributed by atoms with E-state index >= 15 is 0 Å². The van der Waals surface area contributed by atoms with Gasteiger partial charge in [-0.25, -0.2) is 9.07 Å². The van der Waals surface area contributed by atoms with E-state index in [0.29, 0.717) is 0 Å². The Hall–Kier alpha value is -2.52. The van der Waals surface area contributed by atoms with Gasteiger partial charge in [-0.05, 0) is 23.6 Å². The fraction of sp³-hybridized carbons (Fsp3) is 0.500. The lowest BCUT2D eigenvalue weighted by Gasteiger charge is -2.34. The zero-order valence-corrected chi connectivity index (χ0v) is 18.0. The maximum Gasteiger partial charge on any atom is 0.248 e. The summed E-state index contributed by atoms with van der Waals surface area (Å²) in [4.78, 5) is 27.1. The highest BCUT2D eigenvalue weighted by Gasteiger charge is 2.45. The standard InChI is InChI=1S/C20H25ClFN5O3/c1-20(2,3)17(19(30)26-9-12(28)8-16(26)18(29)23-4)27-10-15(24-25-27)13-6-5-11(21)7-14(13)22/h5-7,10,12,16-17,28H,8-9H2,1-4H3,(H,23,29)/t12?,16-,17?/m1/s1. The molecule has 10 heteroatoms. The molecule has 0 saturated carbocycles. The van der Waals surface area contributed by atoms with Crippen LogP contribution in [0.15, 0.2) is 24.4 Å². The molecule has 1 fully saturated rings. The summed E-state index contributed by atoms with van der Waals surface area (Å²) in [6.45, 7) is 5.64. The second kappa shape index (κ2) is 8.31. The third-order valence-corrected chi connectivity index (χ3v) is 5.38. The molecule has 2 heterocycles. The molecule has 1 aliphatic heterocycles. The number of β-amino-alcohol motifs (C(OH)–C–C–N with tert-alkyl or cyclic N) is 1. The van der Waals surface area contributed by atoms with E-state index in [0.717, 1.165) is 0 Å². The van der Waals surface area contributed by atoms with Crippen LogP contribution in [0.2, 0.25) is 5.02 Å². The largest absolute Gasteiger partial charge is 0.391 e. The minimum atomic E-state index is -0.813. The average molecular weight is 438 g/mol. The number of likely N-dealkylation sites (N-methyl/N-ethyl adjacent to an activating group) is 1. The highest BCUT2D eigenvalue weighted by Crippen LogP contribution is 2.35. The summed E-state index contributed by atoms with van der Waals surface area (Å²) in [5.74, 6) is -1.24. The van der Waals surface area contributed by atoms with E-state index in [1.807, 2.05) is 20.8 Å². The number of halogens is 2. The summed E-state index contributed by atoms with van der Waals surface area (Å²) in [6, 6.07) is 2.65. The van der Waals surface area contributed by atoms with Gasteiger partial charge in [-0.15, -0.1) is 5.10 Å². The van der Waals surface area contributed by atoms with Crippen LogP contribution in [0.5, 0.6) is 0 Å². The van der Waals surface area contributed by atoms with Crippen molar-refractivity contribution in [3.8, 4) is 11.3 Å². The predicted octanol–water partition coefficient (Wildman–Crippen LogP) is 2.03. The zero-order valence-electron chi connectivity index (χ0n) is 17.3. The molecule has 0 radical (unpaired) electrons. The lowest BCUT2D eigenvalue weighted by molar-refractivity contribution is -0.144. The van der Waals surface area contributed by atoms with Crippen LogP contribution in [0, 0.1) is 11.2 Å². The van der Waals surface area contributed by atoms with Gasteiger partial charge in [-0.1, -0.05) is 37.6 Å². The Kier molecular flexibility index (Phi) is 6.14. The molecule has 0 aliphatic carbocycles. The highest BCUT2D eigenvalue weighted by molar-refractivity contribution is 6.30. The van der Waals surface area contributed by atoms with Gasteiger partial charge in [-0.2, -0.15) is 0 Å². The first kappa shape index (κ1) is 22.2. The predicted molar refractivity (Wildman–Crippen MR) is 109 cm³/mol. The molecule has 30 heavy (non-hydrogen) atoms. The Morgan fingerprint density at radius 3 is 2.67 bits per heavy atom. The molecule has 8 nitrogen and oxygen atoms in total. The number of hydrogen-bond donors (Lipinski definition) is 2. The Bertz CT molecular complexity index is 958. The lowest BCUT2D eigenvalue weighted by atomic mass is 9.85. The van der Waals surface area contributed by atoms with Gasteiger partial charge in [0, 0.05) is 30.6 Å². The number of aliphatic hydroxyl groups is 1. The summed E-state index contributed by atoms with van der Waals surface area (Å²) in [7, 11) is 1.49. The molecular weight excluding hydrogens is 413 g/mol. The summed E-state index contributed by atoms with van der Waals surface area (Å²) in [6.07, 6.45) is 0.883. The van der Waals surface area contributed by atoms with E-state index < -0.39 is 29.4 Å². The van der Waals surface area contributed by atoms with Gasteiger partial charge >= 0.3 is 0 Å². The number of hydrogen-bond acceptors (Lipinski definition) is 5. The Balaban J connectivity index is 1.97. The highest BCUT2D eigenvalue weighted by atomic mass is 35.5. The zero-order chi connectivity index (χ0) is 22.2. The first-order chi connectivity index (χ1) is 14.0. The van der Waals surface area contributed by atoms with Crippen molar-refractivity contribution in [3.05, 3.63) is 35.2 Å². The van der Waals surface area contributed by atoms with Gasteiger partial charge in [0.2, 0.25) is 11.8 Å². The first-order valence-corrected chi connectivity index (χ1v) is 9.98. The van der Waals surface area contributed by atoms with E-state index in [1.54, 1.807) is 6.07 Å². The number of rotatable bonds is 4. The van der Waals surface area contributed by atoms with E-state index in [-0.39, 0.29) is 41.1 Å². The summed E-state index contributed by atoms with van der Waals surface area (Å²) >= 11 is 5.81. The quantitative estimate of drug-likeness (QED) is 0.762. The number of nitrogens with zero attached hydrogens (tertiary/aromatic N) is 4. The molecule has 1 aromatic carbocycles. The van der Waals surface area contributed by atoms with Gasteiger partial charge in [0.1, 0.15) is 23.6 Å². The van der Waals surface area contributed by atoms with E-state index in [1.165, 1.54) is 35.0 Å². The van der Waals surface area contributed by atoms with Crippen LogP contribution in [0.1, 0.15) is 33.2 Å². The first-order valence-electron chi connectivity index (χ1n) is 9.60. The van der Waals surface area contributed by atoms with Crippen molar-refractivity contribution in [3.63, 3.8) is 0 Å². The number of carbonyl (C=O) groups is 2. The fourth-order valence-electron chi connectivity index (χ4n) is 3.73. The van der Waals surface area contributed by atoms with Gasteiger partial charge in [0.15, 0.2) is 0 Å². The Morgan fingerprint density at radius 2 is 2.07 bits per heavy atom. The number of amides is 2. The number of nitrogens with one attached hydrogen (secondary N) is 1. The molecule has 1 aliphatic rings. The van der Waals surface area contributed by atoms with Crippen LogP contribution >= 0.6 is 11.6 Å². The minimum absolute atomic E-state index is 0.0524. The van der Waals surface area contributed by atoms with Crippen LogP contribution in [-0.2, 0) is 9.59 Å². The van der Waals surface area contributed by atoms with Gasteiger partial charge in [-0.3, -0.25) is 9.59 Å². The van der Waals surface area contributed by atoms with Crippen LogP contribution < -0.4 is 5.32 Å². The molecule has 2 aromatic rings. The molecule has 162 valence electrons. The van der Waals surface area contributed by atoms with Crippen molar-refractivity contribution in [2.75, 3.05) is 13.6 Å². The van der Waals surface area contributed by atoms with Crippen molar-refractivity contribution < 1.29 is 19.1 Å². The summed E-state index contributed by atoms with van der Waals surface area (Å²) < 4.78 is 15.7. The third kappa shape index (κ3) is 4.32. The average Bonchev–Trinajstić information content (AvgIpc) is 3.27. The number of benzene rings is 1. The summed E-state index contributed by atoms with van der Waals surface area (Å²) in [5, 5.41) is 21.0. The topological polar surface area (TPSA) is 100 Å². The summed E-state index contributed by atoms with van der Waals surface area (Å²) in [5.41, 5.74) is -0.123. The Morgan fingerprint density at radius 1 is 1.37 bits per heavy atom. The maximum absolute atomic E-state index is 14.3. The molecular formula is C20H25ClFN5O3. The van der Waals surface area contributed by atoms with Crippen LogP contribution in [-0.4, -0.2) is 62.6 Å². The smallest absolute Gasteiger partial charge is 0.248 e. The van der Waals surface area contributed by atoms with E-state index in [2.05, 4.69) is 15.6 Å². The molecule has 0 spiro atoms. The monoisotopic (exact) mass is 437 g/mol. The van der Waals surface area contributed by atoms with Gasteiger partial charge < -0.3 is 15.3 Å². The molecule has 2 amide bonds. The van der Waals surface area contributed by atoms with Gasteiger partial charge in [0.25, 0.3) is 0 Å². The molecule has 1 saturated heterocycles. The van der Waals surface area contributed by atoms with E-state index in [4.69, 9.17) is 11.6 Å². The van der Waals surface area contributed by atoms with Crippen molar-refractivity contribution in [1.29, 1.82) is 0 Å². The number of carbonyl (C=O) groups excluding carboxylic acids is 2. The molecule has 3 atom stereocenters. The number of aliphatic hydroxyl groups excluding tert-OH is 1. The minimum Gasteiger partial charge on any atom is -0.391 e. The second-order valence-electron chi connectivity index (χ2n) is 8.49. The van der Waals surface area contributed by atoms with Gasteiger partial charge in [0.05, 0.1) is 12.3 Å². The van der Waals surface area contributed by atoms with Crippen LogP contribution in [0.3, 0.4) is 0 Å². The molecule has 2 N–H and O–H groups in total. The lowest BCUT2D eigenvalue weighted by Crippen LogP contribution is -2.49. The van der Waals surface area contributed by atoms with Crippen molar-refractivity contribution >= 4 is 23.4 Å². The maximum atomic E-state index is 14.3. The molecule has 3 rings (SSSR count). The van der Waals surface area contributed by atoms with Crippen molar-refractivity contribution in [2.24, 2.45) is 5.41 Å². The molecule has 2 unspecified atom stereocenters. The van der Waals surface area contributed by atoms with Crippen molar-refractivity contribution in [1.82, 2.24) is 25.2 Å². The van der Waals surface area contributed by atoms with Crippen LogP contribution in [0.25, 0.3) is 11.3 Å². The molecule has 1 aromatic heterocycles. The van der Waals surface area contributed by atoms with Crippen molar-refractivity contribution in [2.45, 2.75) is 45.4 Å². The van der Waals surface area contributed by atoms with Crippen LogP contribution in [0.4, 0.5) is 4.39 Å². The normalized spacial score (nSPS) is 20.3. The third-order valence-electron chi connectivity index (χ3n) is 5.15. The van der Waals surface area contributed by atoms with E-state index in [9.17, 15) is 19.1 Å². The Labute approximate surface area is 179 Å². The SMILES string of the molecule is CNC(=O)[C@H]1CC(O)CN1C(=O)C(n1cc(-c2ccc(Cl)cc2F)nn1)C(C)(C)C. The number of aromatic nitrogens is 3. The molecule has 0 bridgehead atoms. The fourth-order valence-corrected chi connectivity index (χ4v) is 3.89. The second-order valence-corrected chi connectivity index (χ2v) is 8.92. The number of likely N-dealkylation sites (tertiary alicyclic amines) is 1.